The van der Waals surface area contributed by atoms with Crippen molar-refractivity contribution in [3.8, 4) is 6.07 Å². The molecule has 6 nitrogen and oxygen atoms in total. The molecule has 2 saturated carbocycles. The van der Waals surface area contributed by atoms with Crippen molar-refractivity contribution in [2.45, 2.75) is 32.1 Å². The zero-order chi connectivity index (χ0) is 15.3. The summed E-state index contributed by atoms with van der Waals surface area (Å²) in [6.45, 7) is 4.95. The molecule has 3 aliphatic rings. The van der Waals surface area contributed by atoms with Crippen LogP contribution >= 0.6 is 0 Å². The molecule has 1 aromatic heterocycles. The molecule has 0 radical (unpaired) electrons. The Bertz CT molecular complexity index is 635. The first-order valence-electron chi connectivity index (χ1n) is 8.12. The number of oxazole rings is 1. The first kappa shape index (κ1) is 13.6. The number of aromatic nitrogens is 1. The number of anilines is 1. The van der Waals surface area contributed by atoms with Gasteiger partial charge in [-0.2, -0.15) is 5.26 Å². The predicted octanol–water partition coefficient (Wildman–Crippen LogP) is 1.73. The van der Waals surface area contributed by atoms with Crippen LogP contribution in [0, 0.1) is 23.2 Å². The zero-order valence-corrected chi connectivity index (χ0v) is 12.8. The van der Waals surface area contributed by atoms with Crippen LogP contribution in [0.25, 0.3) is 0 Å². The molecule has 0 aromatic carbocycles. The molecule has 1 saturated heterocycles. The van der Waals surface area contributed by atoms with E-state index in [0.717, 1.165) is 19.3 Å². The minimum Gasteiger partial charge on any atom is -0.423 e. The number of hydrogen-bond acceptors (Lipinski definition) is 5. The Labute approximate surface area is 129 Å². The van der Waals surface area contributed by atoms with Crippen molar-refractivity contribution in [3.05, 3.63) is 11.6 Å². The van der Waals surface area contributed by atoms with Gasteiger partial charge in [0.2, 0.25) is 23.4 Å². The van der Waals surface area contributed by atoms with Gasteiger partial charge in [0, 0.05) is 38.0 Å². The van der Waals surface area contributed by atoms with E-state index in [1.807, 2.05) is 4.90 Å². The monoisotopic (exact) mass is 300 g/mol. The molecule has 0 spiro atoms. The molecule has 4 rings (SSSR count). The molecule has 0 unspecified atom stereocenters. The summed E-state index contributed by atoms with van der Waals surface area (Å²) in [6, 6.07) is 2.14. The standard InChI is InChI=1S/C16H20N4O2/c1-10-8-12(10)15(21)19-4-6-20(7-5-19)16-13(9-17)18-14(22-16)11-2-3-11/h10-12H,2-8H2,1H3/t10-,12+/m1/s1. The van der Waals surface area contributed by atoms with Crippen LogP contribution in [0.15, 0.2) is 4.42 Å². The highest BCUT2D eigenvalue weighted by Gasteiger charge is 2.42. The van der Waals surface area contributed by atoms with E-state index in [-0.39, 0.29) is 5.92 Å². The fourth-order valence-corrected chi connectivity index (χ4v) is 3.15. The quantitative estimate of drug-likeness (QED) is 0.850. The summed E-state index contributed by atoms with van der Waals surface area (Å²) in [6.07, 6.45) is 3.24. The van der Waals surface area contributed by atoms with Crippen LogP contribution < -0.4 is 4.90 Å². The molecule has 0 N–H and O–H groups in total. The third kappa shape index (κ3) is 2.35. The molecule has 0 bridgehead atoms. The number of carbonyl (C=O) groups is 1. The van der Waals surface area contributed by atoms with E-state index in [0.29, 0.717) is 61.4 Å². The second kappa shape index (κ2) is 5.01. The molecular formula is C16H20N4O2. The summed E-state index contributed by atoms with van der Waals surface area (Å²) in [5, 5.41) is 9.25. The lowest BCUT2D eigenvalue weighted by molar-refractivity contribution is -0.133. The maximum absolute atomic E-state index is 12.3. The zero-order valence-electron chi connectivity index (χ0n) is 12.8. The third-order valence-electron chi connectivity index (χ3n) is 4.96. The lowest BCUT2D eigenvalue weighted by Gasteiger charge is -2.34. The van der Waals surface area contributed by atoms with Crippen LogP contribution in [-0.2, 0) is 4.79 Å². The van der Waals surface area contributed by atoms with E-state index >= 15 is 0 Å². The molecule has 1 aromatic rings. The SMILES string of the molecule is C[C@@H]1C[C@@H]1C(=O)N1CCN(c2oc(C3CC3)nc2C#N)CC1. The van der Waals surface area contributed by atoms with E-state index in [4.69, 9.17) is 4.42 Å². The Morgan fingerprint density at radius 1 is 1.32 bits per heavy atom. The molecule has 3 fully saturated rings. The predicted molar refractivity (Wildman–Crippen MR) is 79.3 cm³/mol. The average Bonchev–Trinajstić information content (AvgIpc) is 3.46. The van der Waals surface area contributed by atoms with Crippen molar-refractivity contribution < 1.29 is 9.21 Å². The number of piperazine rings is 1. The lowest BCUT2D eigenvalue weighted by Crippen LogP contribution is -2.49. The number of carbonyl (C=O) groups excluding carboxylic acids is 1. The molecule has 2 heterocycles. The van der Waals surface area contributed by atoms with E-state index in [1.165, 1.54) is 0 Å². The fraction of sp³-hybridized carbons (Fsp3) is 0.688. The van der Waals surface area contributed by atoms with E-state index in [1.54, 1.807) is 0 Å². The van der Waals surface area contributed by atoms with Gasteiger partial charge in [-0.25, -0.2) is 4.98 Å². The molecule has 1 aliphatic heterocycles. The van der Waals surface area contributed by atoms with Crippen LogP contribution in [0.4, 0.5) is 5.88 Å². The summed E-state index contributed by atoms with van der Waals surface area (Å²) in [7, 11) is 0. The van der Waals surface area contributed by atoms with Crippen molar-refractivity contribution in [1.82, 2.24) is 9.88 Å². The molecule has 6 heteroatoms. The van der Waals surface area contributed by atoms with Gasteiger partial charge >= 0.3 is 0 Å². The second-order valence-electron chi connectivity index (χ2n) is 6.72. The Kier molecular flexibility index (Phi) is 3.10. The number of hydrogen-bond donors (Lipinski definition) is 0. The number of nitrogens with zero attached hydrogens (tertiary/aromatic N) is 4. The summed E-state index contributed by atoms with van der Waals surface area (Å²) < 4.78 is 5.83. The maximum atomic E-state index is 12.3. The van der Waals surface area contributed by atoms with Gasteiger partial charge in [-0.3, -0.25) is 4.79 Å². The van der Waals surface area contributed by atoms with Gasteiger partial charge in [0.1, 0.15) is 6.07 Å². The van der Waals surface area contributed by atoms with Crippen molar-refractivity contribution >= 4 is 11.8 Å². The summed E-state index contributed by atoms with van der Waals surface area (Å²) in [5.74, 6) is 2.79. The van der Waals surface area contributed by atoms with Gasteiger partial charge in [0.15, 0.2) is 0 Å². The van der Waals surface area contributed by atoms with E-state index in [2.05, 4.69) is 22.9 Å². The number of rotatable bonds is 3. The van der Waals surface area contributed by atoms with Crippen LogP contribution in [0.1, 0.15) is 43.7 Å². The molecule has 2 aliphatic carbocycles. The highest BCUT2D eigenvalue weighted by molar-refractivity contribution is 5.81. The van der Waals surface area contributed by atoms with Gasteiger partial charge < -0.3 is 14.2 Å². The molecular weight excluding hydrogens is 280 g/mol. The minimum absolute atomic E-state index is 0.243. The van der Waals surface area contributed by atoms with Gasteiger partial charge in [0.25, 0.3) is 0 Å². The highest BCUT2D eigenvalue weighted by Crippen LogP contribution is 2.42. The van der Waals surface area contributed by atoms with Crippen LogP contribution in [0.3, 0.4) is 0 Å². The molecule has 1 amide bonds. The van der Waals surface area contributed by atoms with Crippen molar-refractivity contribution in [2.75, 3.05) is 31.1 Å². The van der Waals surface area contributed by atoms with Crippen LogP contribution in [0.5, 0.6) is 0 Å². The Balaban J connectivity index is 1.43. The topological polar surface area (TPSA) is 73.4 Å². The second-order valence-corrected chi connectivity index (χ2v) is 6.72. The minimum atomic E-state index is 0.243. The van der Waals surface area contributed by atoms with Crippen molar-refractivity contribution in [2.24, 2.45) is 11.8 Å². The average molecular weight is 300 g/mol. The van der Waals surface area contributed by atoms with Gasteiger partial charge in [-0.05, 0) is 25.2 Å². The Morgan fingerprint density at radius 3 is 2.55 bits per heavy atom. The van der Waals surface area contributed by atoms with Gasteiger partial charge in [0.05, 0.1) is 0 Å². The summed E-state index contributed by atoms with van der Waals surface area (Å²) in [5.41, 5.74) is 0.387. The van der Waals surface area contributed by atoms with Crippen molar-refractivity contribution in [3.63, 3.8) is 0 Å². The molecule has 116 valence electrons. The van der Waals surface area contributed by atoms with Crippen LogP contribution in [0.2, 0.25) is 0 Å². The highest BCUT2D eigenvalue weighted by atomic mass is 16.4. The lowest BCUT2D eigenvalue weighted by atomic mass is 10.2. The summed E-state index contributed by atoms with van der Waals surface area (Å²) >= 11 is 0. The van der Waals surface area contributed by atoms with Crippen molar-refractivity contribution in [1.29, 1.82) is 5.26 Å². The number of nitriles is 1. The smallest absolute Gasteiger partial charge is 0.234 e. The van der Waals surface area contributed by atoms with Crippen LogP contribution in [-0.4, -0.2) is 42.0 Å². The first-order valence-corrected chi connectivity index (χ1v) is 8.12. The fourth-order valence-electron chi connectivity index (χ4n) is 3.15. The summed E-state index contributed by atoms with van der Waals surface area (Å²) in [4.78, 5) is 20.6. The van der Waals surface area contributed by atoms with E-state index < -0.39 is 0 Å². The first-order chi connectivity index (χ1) is 10.7. The molecule has 22 heavy (non-hydrogen) atoms. The largest absolute Gasteiger partial charge is 0.423 e. The third-order valence-corrected chi connectivity index (χ3v) is 4.96. The van der Waals surface area contributed by atoms with Gasteiger partial charge in [-0.1, -0.05) is 6.92 Å². The van der Waals surface area contributed by atoms with E-state index in [9.17, 15) is 10.1 Å². The Hall–Kier alpha value is -2.03. The van der Waals surface area contributed by atoms with Gasteiger partial charge in [-0.15, -0.1) is 0 Å². The number of amides is 1. The normalized spacial score (nSPS) is 27.6. The Morgan fingerprint density at radius 2 is 2.00 bits per heavy atom. The maximum Gasteiger partial charge on any atom is 0.234 e. The molecule has 2 atom stereocenters.